The van der Waals surface area contributed by atoms with E-state index in [0.717, 1.165) is 12.6 Å². The lowest BCUT2D eigenvalue weighted by Crippen LogP contribution is -2.15. The molecule has 3 aromatic heterocycles. The summed E-state index contributed by atoms with van der Waals surface area (Å²) in [5, 5.41) is 7.04. The molecule has 0 aromatic carbocycles. The highest BCUT2D eigenvalue weighted by atomic mass is 19.1. The Morgan fingerprint density at radius 2 is 1.96 bits per heavy atom. The van der Waals surface area contributed by atoms with E-state index in [1.165, 1.54) is 48.2 Å². The van der Waals surface area contributed by atoms with Crippen molar-refractivity contribution in [1.82, 2.24) is 19.7 Å². The number of nitrogens with one attached hydrogen (secondary N) is 1. The first-order valence-electron chi connectivity index (χ1n) is 8.59. The Labute approximate surface area is 154 Å². The average Bonchev–Trinajstić information content (AvgIpc) is 3.55. The molecule has 6 nitrogen and oxygen atoms in total. The molecule has 8 heteroatoms. The van der Waals surface area contributed by atoms with Crippen molar-refractivity contribution >= 4 is 11.7 Å². The maximum absolute atomic E-state index is 13.1. The molecule has 27 heavy (non-hydrogen) atoms. The maximum atomic E-state index is 13.1. The summed E-state index contributed by atoms with van der Waals surface area (Å²) in [5.74, 6) is -0.0182. The minimum atomic E-state index is -0.419. The van der Waals surface area contributed by atoms with Crippen molar-refractivity contribution in [2.24, 2.45) is 11.3 Å². The molecule has 0 saturated heterocycles. The van der Waals surface area contributed by atoms with E-state index in [0.29, 0.717) is 16.9 Å². The third-order valence-electron chi connectivity index (χ3n) is 4.82. The molecule has 0 bridgehead atoms. The molecule has 1 unspecified atom stereocenters. The summed E-state index contributed by atoms with van der Waals surface area (Å²) in [4.78, 5) is 19.3. The van der Waals surface area contributed by atoms with Crippen LogP contribution in [0.4, 0.5) is 14.6 Å². The fraction of sp³-hybridized carbons (Fsp3) is 0.263. The highest BCUT2D eigenvalue weighted by Gasteiger charge is 2.65. The van der Waals surface area contributed by atoms with Crippen LogP contribution in [0.3, 0.4) is 0 Å². The molecule has 0 radical (unpaired) electrons. The number of pyridine rings is 2. The molecule has 1 amide bonds. The van der Waals surface area contributed by atoms with Crippen LogP contribution in [0.1, 0.15) is 19.3 Å². The first kappa shape index (κ1) is 17.3. The van der Waals surface area contributed by atoms with Crippen molar-refractivity contribution in [1.29, 1.82) is 0 Å². The van der Waals surface area contributed by atoms with Gasteiger partial charge in [0.2, 0.25) is 5.91 Å². The van der Waals surface area contributed by atoms with Crippen LogP contribution in [0.2, 0.25) is 0 Å². The average molecular weight is 369 g/mol. The Morgan fingerprint density at radius 1 is 1.15 bits per heavy atom. The quantitative estimate of drug-likeness (QED) is 0.768. The van der Waals surface area contributed by atoms with Gasteiger partial charge in [-0.2, -0.15) is 5.10 Å². The highest BCUT2D eigenvalue weighted by Crippen LogP contribution is 2.70. The number of hydrogen-bond acceptors (Lipinski definition) is 4. The van der Waals surface area contributed by atoms with Gasteiger partial charge in [-0.3, -0.25) is 14.8 Å². The van der Waals surface area contributed by atoms with E-state index in [4.69, 9.17) is 0 Å². The molecule has 0 aliphatic heterocycles. The molecule has 138 valence electrons. The van der Waals surface area contributed by atoms with Gasteiger partial charge in [0.1, 0.15) is 11.6 Å². The van der Waals surface area contributed by atoms with Crippen LogP contribution >= 0.6 is 0 Å². The smallest absolute Gasteiger partial charge is 0.229 e. The predicted octanol–water partition coefficient (Wildman–Crippen LogP) is 3.37. The first-order valence-corrected chi connectivity index (χ1v) is 8.59. The minimum Gasteiger partial charge on any atom is -0.309 e. The van der Waals surface area contributed by atoms with E-state index in [2.05, 4.69) is 20.4 Å². The SMILES string of the molecule is Fc1cccnc1.O=C(Nc1ccn(-c2cncc(F)c2)n1)C1CC12CC2. The van der Waals surface area contributed by atoms with Crippen molar-refractivity contribution in [3.63, 3.8) is 0 Å². The molecule has 1 atom stereocenters. The minimum absolute atomic E-state index is 0.0464. The van der Waals surface area contributed by atoms with Gasteiger partial charge in [-0.1, -0.05) is 0 Å². The van der Waals surface area contributed by atoms with Crippen molar-refractivity contribution in [3.05, 3.63) is 66.9 Å². The summed E-state index contributed by atoms with van der Waals surface area (Å²) in [6.07, 6.45) is 10.4. The zero-order valence-electron chi connectivity index (χ0n) is 14.3. The van der Waals surface area contributed by atoms with Crippen LogP contribution in [0.15, 0.2) is 55.2 Å². The second-order valence-corrected chi connectivity index (χ2v) is 6.79. The normalized spacial score (nSPS) is 18.4. The fourth-order valence-corrected chi connectivity index (χ4v) is 3.05. The number of anilines is 1. The van der Waals surface area contributed by atoms with Gasteiger partial charge in [0.05, 0.1) is 24.3 Å². The van der Waals surface area contributed by atoms with Gasteiger partial charge in [-0.05, 0) is 36.8 Å². The Balaban J connectivity index is 0.000000218. The predicted molar refractivity (Wildman–Crippen MR) is 93.9 cm³/mol. The molecule has 2 saturated carbocycles. The molecule has 3 aromatic rings. The summed E-state index contributed by atoms with van der Waals surface area (Å²) in [5.41, 5.74) is 0.856. The Hall–Kier alpha value is -3.16. The zero-order chi connectivity index (χ0) is 18.9. The fourth-order valence-electron chi connectivity index (χ4n) is 3.05. The molecular weight excluding hydrogens is 352 g/mol. The van der Waals surface area contributed by atoms with Crippen LogP contribution in [0.25, 0.3) is 5.69 Å². The first-order chi connectivity index (χ1) is 13.1. The number of aromatic nitrogens is 4. The Kier molecular flexibility index (Phi) is 4.39. The summed E-state index contributed by atoms with van der Waals surface area (Å²) in [7, 11) is 0. The van der Waals surface area contributed by atoms with Gasteiger partial charge in [0.15, 0.2) is 5.82 Å². The second-order valence-electron chi connectivity index (χ2n) is 6.79. The van der Waals surface area contributed by atoms with Gasteiger partial charge < -0.3 is 5.32 Å². The number of nitrogens with zero attached hydrogens (tertiary/aromatic N) is 4. The molecule has 5 rings (SSSR count). The molecule has 2 aliphatic rings. The van der Waals surface area contributed by atoms with E-state index < -0.39 is 5.82 Å². The lowest BCUT2D eigenvalue weighted by molar-refractivity contribution is -0.117. The molecule has 1 N–H and O–H groups in total. The van der Waals surface area contributed by atoms with E-state index in [9.17, 15) is 13.6 Å². The Morgan fingerprint density at radius 3 is 2.56 bits per heavy atom. The maximum Gasteiger partial charge on any atom is 0.229 e. The van der Waals surface area contributed by atoms with Crippen molar-refractivity contribution in [2.45, 2.75) is 19.3 Å². The monoisotopic (exact) mass is 369 g/mol. The van der Waals surface area contributed by atoms with Crippen molar-refractivity contribution in [3.8, 4) is 5.69 Å². The van der Waals surface area contributed by atoms with Gasteiger partial charge >= 0.3 is 0 Å². The highest BCUT2D eigenvalue weighted by molar-refractivity contribution is 5.94. The van der Waals surface area contributed by atoms with Crippen molar-refractivity contribution < 1.29 is 13.6 Å². The lowest BCUT2D eigenvalue weighted by atomic mass is 10.3. The lowest BCUT2D eigenvalue weighted by Gasteiger charge is -2.02. The van der Waals surface area contributed by atoms with Crippen LogP contribution in [-0.2, 0) is 4.79 Å². The van der Waals surface area contributed by atoms with Crippen LogP contribution in [-0.4, -0.2) is 25.7 Å². The van der Waals surface area contributed by atoms with E-state index in [1.807, 2.05) is 0 Å². The third kappa shape index (κ3) is 3.99. The summed E-state index contributed by atoms with van der Waals surface area (Å²) >= 11 is 0. The molecule has 1 spiro atoms. The van der Waals surface area contributed by atoms with E-state index >= 15 is 0 Å². The number of carbonyl (C=O) groups excluding carboxylic acids is 1. The number of carbonyl (C=O) groups is 1. The summed E-state index contributed by atoms with van der Waals surface area (Å²) in [6, 6.07) is 5.94. The van der Waals surface area contributed by atoms with Crippen LogP contribution in [0.5, 0.6) is 0 Å². The summed E-state index contributed by atoms with van der Waals surface area (Å²) < 4.78 is 26.4. The Bertz CT molecular complexity index is 955. The van der Waals surface area contributed by atoms with E-state index in [1.54, 1.807) is 18.3 Å². The topological polar surface area (TPSA) is 72.7 Å². The van der Waals surface area contributed by atoms with Crippen LogP contribution in [0, 0.1) is 23.0 Å². The number of amides is 1. The molecule has 2 fully saturated rings. The van der Waals surface area contributed by atoms with Gasteiger partial charge in [-0.25, -0.2) is 13.5 Å². The van der Waals surface area contributed by atoms with Gasteiger partial charge in [0, 0.05) is 30.4 Å². The zero-order valence-corrected chi connectivity index (χ0v) is 14.3. The largest absolute Gasteiger partial charge is 0.309 e. The second kappa shape index (κ2) is 6.86. The third-order valence-corrected chi connectivity index (χ3v) is 4.82. The molecular formula is C19H17F2N5O. The molecule has 2 aliphatic carbocycles. The van der Waals surface area contributed by atoms with Crippen LogP contribution < -0.4 is 5.32 Å². The van der Waals surface area contributed by atoms with Gasteiger partial charge in [-0.15, -0.1) is 0 Å². The summed E-state index contributed by atoms with van der Waals surface area (Å²) in [6.45, 7) is 0. The van der Waals surface area contributed by atoms with E-state index in [-0.39, 0.29) is 17.6 Å². The standard InChI is InChI=1S/C14H13FN4O.C5H4FN/c15-9-5-10(8-16-7-9)19-4-1-12(18-19)17-13(20)11-6-14(11)2-3-14;6-5-2-1-3-7-4-5/h1,4-5,7-8,11H,2-3,6H2,(H,17,18,20);1-4H. The van der Waals surface area contributed by atoms with Gasteiger partial charge in [0.25, 0.3) is 0 Å². The molecule has 3 heterocycles. The number of rotatable bonds is 3. The number of halogens is 2. The van der Waals surface area contributed by atoms with Crippen molar-refractivity contribution in [2.75, 3.05) is 5.32 Å². The number of hydrogen-bond donors (Lipinski definition) is 1.